The van der Waals surface area contributed by atoms with Crippen molar-refractivity contribution in [3.05, 3.63) is 53.2 Å². The third-order valence-electron chi connectivity index (χ3n) is 3.64. The molecule has 0 spiro atoms. The molecule has 5 heteroatoms. The lowest BCUT2D eigenvalue weighted by Gasteiger charge is -2.09. The average Bonchev–Trinajstić information content (AvgIpc) is 2.46. The molecule has 4 nitrogen and oxygen atoms in total. The first-order chi connectivity index (χ1) is 10.9. The van der Waals surface area contributed by atoms with Crippen molar-refractivity contribution in [2.75, 3.05) is 4.72 Å². The van der Waals surface area contributed by atoms with Crippen LogP contribution < -0.4 is 4.72 Å². The lowest BCUT2D eigenvalue weighted by Crippen LogP contribution is -2.14. The Morgan fingerprint density at radius 2 is 1.74 bits per heavy atom. The molecule has 0 aliphatic carbocycles. The lowest BCUT2D eigenvalue weighted by atomic mass is 10.1. The van der Waals surface area contributed by atoms with Crippen LogP contribution in [0.25, 0.3) is 0 Å². The van der Waals surface area contributed by atoms with E-state index in [2.05, 4.69) is 16.6 Å². The first-order valence-corrected chi connectivity index (χ1v) is 9.46. The van der Waals surface area contributed by atoms with Crippen molar-refractivity contribution in [2.45, 2.75) is 51.3 Å². The van der Waals surface area contributed by atoms with Crippen molar-refractivity contribution >= 4 is 15.8 Å². The minimum absolute atomic E-state index is 0.262. The van der Waals surface area contributed by atoms with Crippen LogP contribution in [0.3, 0.4) is 0 Å². The highest BCUT2D eigenvalue weighted by molar-refractivity contribution is 7.92. The van der Waals surface area contributed by atoms with E-state index in [9.17, 15) is 8.42 Å². The van der Waals surface area contributed by atoms with Gasteiger partial charge in [0.05, 0.1) is 4.90 Å². The minimum Gasteiger partial charge on any atom is -0.263 e. The topological polar surface area (TPSA) is 59.1 Å². The van der Waals surface area contributed by atoms with Crippen LogP contribution in [0.1, 0.15) is 43.0 Å². The van der Waals surface area contributed by atoms with Crippen molar-refractivity contribution in [3.8, 4) is 0 Å². The Labute approximate surface area is 139 Å². The summed E-state index contributed by atoms with van der Waals surface area (Å²) in [6.07, 6.45) is 4.49. The van der Waals surface area contributed by atoms with Crippen LogP contribution in [-0.4, -0.2) is 13.4 Å². The Morgan fingerprint density at radius 1 is 1.04 bits per heavy atom. The number of hydrogen-bond acceptors (Lipinski definition) is 3. The van der Waals surface area contributed by atoms with Gasteiger partial charge in [-0.2, -0.15) is 0 Å². The summed E-state index contributed by atoms with van der Waals surface area (Å²) in [4.78, 5) is 4.48. The van der Waals surface area contributed by atoms with E-state index in [1.807, 2.05) is 32.0 Å². The predicted octanol–water partition coefficient (Wildman–Crippen LogP) is 4.23. The number of aryl methyl sites for hydroxylation is 3. The number of pyridine rings is 1. The standard InChI is InChI=1S/C18H24N2O2S/c1-4-5-6-7-16-8-10-17(11-9-16)23(21,22)20-18-13-14(2)12-15(3)19-18/h8-13H,4-7H2,1-3H3,(H,19,20). The number of hydrogen-bond donors (Lipinski definition) is 1. The van der Waals surface area contributed by atoms with Gasteiger partial charge in [0.15, 0.2) is 0 Å². The molecule has 0 aliphatic heterocycles. The van der Waals surface area contributed by atoms with Crippen LogP contribution in [0, 0.1) is 13.8 Å². The number of rotatable bonds is 7. The normalized spacial score (nSPS) is 11.4. The maximum Gasteiger partial charge on any atom is 0.263 e. The smallest absolute Gasteiger partial charge is 0.263 e. The van der Waals surface area contributed by atoms with Crippen LogP contribution in [0.2, 0.25) is 0 Å². The van der Waals surface area contributed by atoms with E-state index in [4.69, 9.17) is 0 Å². The first kappa shape index (κ1) is 17.5. The van der Waals surface area contributed by atoms with Crippen molar-refractivity contribution in [3.63, 3.8) is 0 Å². The number of benzene rings is 1. The van der Waals surface area contributed by atoms with Gasteiger partial charge in [-0.25, -0.2) is 13.4 Å². The highest BCUT2D eigenvalue weighted by Gasteiger charge is 2.15. The van der Waals surface area contributed by atoms with Gasteiger partial charge < -0.3 is 0 Å². The van der Waals surface area contributed by atoms with Gasteiger partial charge in [0.1, 0.15) is 5.82 Å². The Balaban J connectivity index is 2.12. The maximum atomic E-state index is 12.4. The molecule has 0 atom stereocenters. The molecular formula is C18H24N2O2S. The summed E-state index contributed by atoms with van der Waals surface area (Å²) < 4.78 is 27.4. The SMILES string of the molecule is CCCCCc1ccc(S(=O)(=O)Nc2cc(C)cc(C)n2)cc1. The van der Waals surface area contributed by atoms with Gasteiger partial charge in [0.25, 0.3) is 10.0 Å². The highest BCUT2D eigenvalue weighted by atomic mass is 32.2. The summed E-state index contributed by atoms with van der Waals surface area (Å²) in [5, 5.41) is 0. The van der Waals surface area contributed by atoms with Gasteiger partial charge in [0.2, 0.25) is 0 Å². The molecule has 0 bridgehead atoms. The average molecular weight is 332 g/mol. The summed E-state index contributed by atoms with van der Waals surface area (Å²) in [7, 11) is -3.60. The third kappa shape index (κ3) is 5.06. The van der Waals surface area contributed by atoms with E-state index >= 15 is 0 Å². The van der Waals surface area contributed by atoms with Gasteiger partial charge in [-0.3, -0.25) is 4.72 Å². The number of nitrogens with zero attached hydrogens (tertiary/aromatic N) is 1. The van der Waals surface area contributed by atoms with Crippen molar-refractivity contribution in [1.29, 1.82) is 0 Å². The van der Waals surface area contributed by atoms with Crippen LogP contribution in [0.5, 0.6) is 0 Å². The minimum atomic E-state index is -3.60. The van der Waals surface area contributed by atoms with E-state index in [1.54, 1.807) is 18.2 Å². The fourth-order valence-corrected chi connectivity index (χ4v) is 3.50. The summed E-state index contributed by atoms with van der Waals surface area (Å²) >= 11 is 0. The largest absolute Gasteiger partial charge is 0.263 e. The Bertz CT molecular complexity index is 733. The zero-order valence-corrected chi connectivity index (χ0v) is 14.8. The maximum absolute atomic E-state index is 12.4. The molecule has 0 saturated heterocycles. The third-order valence-corrected chi connectivity index (χ3v) is 5.01. The Hall–Kier alpha value is -1.88. The Morgan fingerprint density at radius 3 is 2.35 bits per heavy atom. The summed E-state index contributed by atoms with van der Waals surface area (Å²) in [5.74, 6) is 0.356. The summed E-state index contributed by atoms with van der Waals surface area (Å²) in [6, 6.07) is 10.7. The summed E-state index contributed by atoms with van der Waals surface area (Å²) in [6.45, 7) is 5.93. The van der Waals surface area contributed by atoms with Gasteiger partial charge in [-0.15, -0.1) is 0 Å². The van der Waals surface area contributed by atoms with Crippen molar-refractivity contribution in [2.24, 2.45) is 0 Å². The number of unbranched alkanes of at least 4 members (excludes halogenated alkanes) is 2. The molecule has 124 valence electrons. The van der Waals surface area contributed by atoms with Gasteiger partial charge in [-0.1, -0.05) is 31.9 Å². The molecule has 1 heterocycles. The van der Waals surface area contributed by atoms with Gasteiger partial charge in [0, 0.05) is 5.69 Å². The van der Waals surface area contributed by atoms with E-state index in [1.165, 1.54) is 18.4 Å². The molecule has 2 rings (SSSR count). The molecule has 23 heavy (non-hydrogen) atoms. The second-order valence-electron chi connectivity index (χ2n) is 5.88. The number of aromatic nitrogens is 1. The molecule has 1 aromatic heterocycles. The number of anilines is 1. The second kappa shape index (κ2) is 7.59. The lowest BCUT2D eigenvalue weighted by molar-refractivity contribution is 0.601. The van der Waals surface area contributed by atoms with Gasteiger partial charge in [-0.05, 0) is 62.1 Å². The zero-order valence-electron chi connectivity index (χ0n) is 14.0. The molecule has 0 aliphatic rings. The van der Waals surface area contributed by atoms with E-state index in [0.29, 0.717) is 5.82 Å². The summed E-state index contributed by atoms with van der Waals surface area (Å²) in [5.41, 5.74) is 2.93. The monoisotopic (exact) mass is 332 g/mol. The quantitative estimate of drug-likeness (QED) is 0.772. The van der Waals surface area contributed by atoms with E-state index in [0.717, 1.165) is 24.1 Å². The highest BCUT2D eigenvalue weighted by Crippen LogP contribution is 2.17. The second-order valence-corrected chi connectivity index (χ2v) is 7.56. The van der Waals surface area contributed by atoms with Crippen molar-refractivity contribution in [1.82, 2.24) is 4.98 Å². The van der Waals surface area contributed by atoms with Crippen molar-refractivity contribution < 1.29 is 8.42 Å². The molecular weight excluding hydrogens is 308 g/mol. The van der Waals surface area contributed by atoms with Crippen LogP contribution in [0.15, 0.2) is 41.3 Å². The molecule has 0 unspecified atom stereocenters. The van der Waals surface area contributed by atoms with Crippen LogP contribution >= 0.6 is 0 Å². The van der Waals surface area contributed by atoms with E-state index in [-0.39, 0.29) is 4.90 Å². The number of nitrogens with one attached hydrogen (secondary N) is 1. The molecule has 2 aromatic rings. The predicted molar refractivity (Wildman–Crippen MR) is 94.2 cm³/mol. The number of sulfonamides is 1. The molecule has 0 radical (unpaired) electrons. The first-order valence-electron chi connectivity index (χ1n) is 7.98. The fraction of sp³-hybridized carbons (Fsp3) is 0.389. The molecule has 0 saturated carbocycles. The van der Waals surface area contributed by atoms with Crippen LogP contribution in [-0.2, 0) is 16.4 Å². The van der Waals surface area contributed by atoms with Gasteiger partial charge >= 0.3 is 0 Å². The molecule has 0 amide bonds. The van der Waals surface area contributed by atoms with Crippen LogP contribution in [0.4, 0.5) is 5.82 Å². The molecule has 0 fully saturated rings. The van der Waals surface area contributed by atoms with E-state index < -0.39 is 10.0 Å². The fourth-order valence-electron chi connectivity index (χ4n) is 2.50. The zero-order chi connectivity index (χ0) is 16.9. The Kier molecular flexibility index (Phi) is 5.77. The molecule has 1 aromatic carbocycles. The molecule has 1 N–H and O–H groups in total.